The van der Waals surface area contributed by atoms with Gasteiger partial charge < -0.3 is 4.98 Å². The molecule has 6 heteroatoms. The summed E-state index contributed by atoms with van der Waals surface area (Å²) in [5.74, 6) is 1.93. The molecule has 0 aliphatic heterocycles. The molecule has 6 nitrogen and oxygen atoms in total. The van der Waals surface area contributed by atoms with Gasteiger partial charge in [0.15, 0.2) is 11.6 Å². The second-order valence-electron chi connectivity index (χ2n) is 5.89. The summed E-state index contributed by atoms with van der Waals surface area (Å²) in [6.45, 7) is 4.88. The molecule has 0 saturated heterocycles. The Morgan fingerprint density at radius 1 is 1.22 bits per heavy atom. The molecule has 1 aromatic carbocycles. The normalized spacial score (nSPS) is 11.1. The fourth-order valence-electron chi connectivity index (χ4n) is 2.36. The minimum absolute atomic E-state index is 0.231. The van der Waals surface area contributed by atoms with Crippen molar-refractivity contribution in [3.8, 4) is 11.5 Å². The van der Waals surface area contributed by atoms with Gasteiger partial charge in [-0.05, 0) is 11.5 Å². The maximum atomic E-state index is 11.2. The Labute approximate surface area is 134 Å². The standard InChI is InChI=1S/C17H19N5O/c1-12(2)8-15-20-17(14-9-19-16(23)10-18-14)22(21-15)11-13-6-4-3-5-7-13/h3-7,9-10,12H,8,11H2,1-2H3,(H,19,23). The van der Waals surface area contributed by atoms with Crippen LogP contribution in [0.25, 0.3) is 11.5 Å². The van der Waals surface area contributed by atoms with E-state index in [-0.39, 0.29) is 5.56 Å². The summed E-state index contributed by atoms with van der Waals surface area (Å²) >= 11 is 0. The van der Waals surface area contributed by atoms with E-state index in [9.17, 15) is 4.79 Å². The Morgan fingerprint density at radius 2 is 2.00 bits per heavy atom. The van der Waals surface area contributed by atoms with Gasteiger partial charge in [0.05, 0.1) is 12.7 Å². The van der Waals surface area contributed by atoms with Crippen LogP contribution in [0.1, 0.15) is 25.2 Å². The number of H-pyrrole nitrogens is 1. The molecule has 0 atom stereocenters. The first-order valence-electron chi connectivity index (χ1n) is 7.64. The van der Waals surface area contributed by atoms with E-state index in [1.54, 1.807) is 6.20 Å². The largest absolute Gasteiger partial charge is 0.325 e. The van der Waals surface area contributed by atoms with Crippen LogP contribution in [0.3, 0.4) is 0 Å². The molecule has 3 aromatic rings. The van der Waals surface area contributed by atoms with Crippen molar-refractivity contribution in [3.05, 3.63) is 64.5 Å². The van der Waals surface area contributed by atoms with E-state index < -0.39 is 0 Å². The Bertz CT molecular complexity index is 815. The Balaban J connectivity index is 2.00. The lowest BCUT2D eigenvalue weighted by Crippen LogP contribution is -2.08. The average molecular weight is 309 g/mol. The zero-order chi connectivity index (χ0) is 16.2. The van der Waals surface area contributed by atoms with Crippen LogP contribution in [-0.4, -0.2) is 24.7 Å². The summed E-state index contributed by atoms with van der Waals surface area (Å²) in [6, 6.07) is 10.1. The van der Waals surface area contributed by atoms with Crippen molar-refractivity contribution in [2.24, 2.45) is 5.92 Å². The third-order valence-electron chi connectivity index (χ3n) is 3.38. The number of rotatable bonds is 5. The van der Waals surface area contributed by atoms with Gasteiger partial charge >= 0.3 is 0 Å². The third kappa shape index (κ3) is 3.71. The van der Waals surface area contributed by atoms with Crippen LogP contribution in [0, 0.1) is 5.92 Å². The first-order chi connectivity index (χ1) is 11.1. The van der Waals surface area contributed by atoms with Crippen LogP contribution in [0.4, 0.5) is 0 Å². The third-order valence-corrected chi connectivity index (χ3v) is 3.38. The van der Waals surface area contributed by atoms with E-state index in [1.807, 2.05) is 35.0 Å². The van der Waals surface area contributed by atoms with Crippen molar-refractivity contribution in [2.75, 3.05) is 0 Å². The molecule has 0 radical (unpaired) electrons. The molecule has 2 aromatic heterocycles. The Hall–Kier alpha value is -2.76. The fraction of sp³-hybridized carbons (Fsp3) is 0.294. The number of nitrogens with zero attached hydrogens (tertiary/aromatic N) is 4. The highest BCUT2D eigenvalue weighted by atomic mass is 16.1. The minimum Gasteiger partial charge on any atom is -0.325 e. The summed E-state index contributed by atoms with van der Waals surface area (Å²) < 4.78 is 1.84. The molecule has 0 aliphatic rings. The van der Waals surface area contributed by atoms with Gasteiger partial charge in [-0.3, -0.25) is 4.79 Å². The van der Waals surface area contributed by atoms with Crippen molar-refractivity contribution in [1.82, 2.24) is 24.7 Å². The van der Waals surface area contributed by atoms with Gasteiger partial charge in [-0.25, -0.2) is 14.6 Å². The maximum absolute atomic E-state index is 11.2. The molecule has 2 heterocycles. The lowest BCUT2D eigenvalue weighted by Gasteiger charge is -2.05. The highest BCUT2D eigenvalue weighted by molar-refractivity contribution is 5.47. The maximum Gasteiger partial charge on any atom is 0.266 e. The van der Waals surface area contributed by atoms with Crippen molar-refractivity contribution < 1.29 is 0 Å². The van der Waals surface area contributed by atoms with Crippen LogP contribution in [0.15, 0.2) is 47.5 Å². The number of hydrogen-bond donors (Lipinski definition) is 1. The molecular weight excluding hydrogens is 290 g/mol. The first-order valence-corrected chi connectivity index (χ1v) is 7.64. The van der Waals surface area contributed by atoms with E-state index in [2.05, 4.69) is 33.9 Å². The van der Waals surface area contributed by atoms with E-state index in [0.717, 1.165) is 17.8 Å². The van der Waals surface area contributed by atoms with Crippen LogP contribution in [0.2, 0.25) is 0 Å². The molecule has 1 N–H and O–H groups in total. The molecule has 0 unspecified atom stereocenters. The van der Waals surface area contributed by atoms with Gasteiger partial charge in [0, 0.05) is 12.6 Å². The monoisotopic (exact) mass is 309 g/mol. The SMILES string of the molecule is CC(C)Cc1nc(-c2c[nH]c(=O)cn2)n(Cc2ccccc2)n1. The topological polar surface area (TPSA) is 76.5 Å². The predicted octanol–water partition coefficient (Wildman–Crippen LogP) is 2.28. The molecule has 0 spiro atoms. The average Bonchev–Trinajstić information content (AvgIpc) is 2.90. The smallest absolute Gasteiger partial charge is 0.266 e. The molecular formula is C17H19N5O. The minimum atomic E-state index is -0.231. The van der Waals surface area contributed by atoms with E-state index >= 15 is 0 Å². The summed E-state index contributed by atoms with van der Waals surface area (Å²) in [5.41, 5.74) is 1.52. The van der Waals surface area contributed by atoms with E-state index in [4.69, 9.17) is 0 Å². The molecule has 23 heavy (non-hydrogen) atoms. The molecule has 0 aliphatic carbocycles. The quantitative estimate of drug-likeness (QED) is 0.784. The zero-order valence-corrected chi connectivity index (χ0v) is 13.2. The van der Waals surface area contributed by atoms with Gasteiger partial charge in [-0.15, -0.1) is 0 Å². The van der Waals surface area contributed by atoms with Crippen molar-refractivity contribution in [2.45, 2.75) is 26.8 Å². The molecule has 0 bridgehead atoms. The lowest BCUT2D eigenvalue weighted by molar-refractivity contribution is 0.604. The van der Waals surface area contributed by atoms with Crippen molar-refractivity contribution in [1.29, 1.82) is 0 Å². The molecule has 3 rings (SSSR count). The highest BCUT2D eigenvalue weighted by Crippen LogP contribution is 2.16. The summed E-state index contributed by atoms with van der Waals surface area (Å²) in [4.78, 5) is 22.6. The highest BCUT2D eigenvalue weighted by Gasteiger charge is 2.14. The number of aromatic amines is 1. The van der Waals surface area contributed by atoms with E-state index in [1.165, 1.54) is 6.20 Å². The van der Waals surface area contributed by atoms with E-state index in [0.29, 0.717) is 24.0 Å². The number of aromatic nitrogens is 5. The second-order valence-corrected chi connectivity index (χ2v) is 5.89. The van der Waals surface area contributed by atoms with Gasteiger partial charge in [0.25, 0.3) is 5.56 Å². The second kappa shape index (κ2) is 6.56. The van der Waals surface area contributed by atoms with Crippen molar-refractivity contribution in [3.63, 3.8) is 0 Å². The Morgan fingerprint density at radius 3 is 2.65 bits per heavy atom. The number of nitrogens with one attached hydrogen (secondary N) is 1. The summed E-state index contributed by atoms with van der Waals surface area (Å²) in [7, 11) is 0. The number of benzene rings is 1. The van der Waals surface area contributed by atoms with Crippen LogP contribution < -0.4 is 5.56 Å². The van der Waals surface area contributed by atoms with Crippen LogP contribution in [0.5, 0.6) is 0 Å². The summed E-state index contributed by atoms with van der Waals surface area (Å²) in [5, 5.41) is 4.62. The molecule has 0 amide bonds. The zero-order valence-electron chi connectivity index (χ0n) is 13.2. The molecule has 118 valence electrons. The first kappa shape index (κ1) is 15.1. The van der Waals surface area contributed by atoms with Crippen LogP contribution >= 0.6 is 0 Å². The fourth-order valence-corrected chi connectivity index (χ4v) is 2.36. The molecule has 0 fully saturated rings. The van der Waals surface area contributed by atoms with Gasteiger partial charge in [0.2, 0.25) is 0 Å². The lowest BCUT2D eigenvalue weighted by atomic mass is 10.1. The summed E-state index contributed by atoms with van der Waals surface area (Å²) in [6.07, 6.45) is 3.64. The van der Waals surface area contributed by atoms with Gasteiger partial charge in [0.1, 0.15) is 5.69 Å². The predicted molar refractivity (Wildman–Crippen MR) is 88.0 cm³/mol. The number of hydrogen-bond acceptors (Lipinski definition) is 4. The van der Waals surface area contributed by atoms with Crippen molar-refractivity contribution >= 4 is 0 Å². The van der Waals surface area contributed by atoms with Crippen LogP contribution in [-0.2, 0) is 13.0 Å². The Kier molecular flexibility index (Phi) is 4.32. The van der Waals surface area contributed by atoms with Gasteiger partial charge in [-0.2, -0.15) is 5.10 Å². The molecule has 0 saturated carbocycles. The van der Waals surface area contributed by atoms with Gasteiger partial charge in [-0.1, -0.05) is 44.2 Å².